The van der Waals surface area contributed by atoms with Crippen molar-refractivity contribution < 1.29 is 4.39 Å². The number of aromatic nitrogens is 2. The fraction of sp³-hybridized carbons (Fsp3) is 0.318. The Morgan fingerprint density at radius 1 is 1.03 bits per heavy atom. The first-order valence-corrected chi connectivity index (χ1v) is 11.0. The summed E-state index contributed by atoms with van der Waals surface area (Å²) in [4.78, 5) is 9.25. The second-order valence-electron chi connectivity index (χ2n) is 8.00. The lowest BCUT2D eigenvalue weighted by atomic mass is 10.1. The van der Waals surface area contributed by atoms with Gasteiger partial charge in [0.05, 0.1) is 16.4 Å². The molecule has 1 N–H and O–H groups in total. The maximum absolute atomic E-state index is 14.0. The normalized spacial score (nSPS) is 16.6. The molecule has 30 heavy (non-hydrogen) atoms. The molecule has 6 rings (SSSR count). The Labute approximate surface area is 184 Å². The Hall–Kier alpha value is -2.44. The first kappa shape index (κ1) is 18.3. The molecule has 1 fully saturated rings. The van der Waals surface area contributed by atoms with Gasteiger partial charge in [0.25, 0.3) is 0 Å². The third-order valence-corrected chi connectivity index (χ3v) is 6.99. The van der Waals surface area contributed by atoms with Crippen LogP contribution in [0.2, 0.25) is 10.0 Å². The van der Waals surface area contributed by atoms with Crippen molar-refractivity contribution in [2.75, 3.05) is 41.3 Å². The van der Waals surface area contributed by atoms with Crippen molar-refractivity contribution in [1.29, 1.82) is 0 Å². The van der Waals surface area contributed by atoms with Crippen LogP contribution in [-0.4, -0.2) is 35.7 Å². The average molecular weight is 444 g/mol. The minimum atomic E-state index is -0.439. The molecule has 0 bridgehead atoms. The Kier molecular flexibility index (Phi) is 4.15. The lowest BCUT2D eigenvalue weighted by Gasteiger charge is -2.35. The van der Waals surface area contributed by atoms with Crippen LogP contribution in [0, 0.1) is 5.82 Å². The Morgan fingerprint density at radius 2 is 1.87 bits per heavy atom. The minimum absolute atomic E-state index is 0.103. The van der Waals surface area contributed by atoms with E-state index < -0.39 is 5.82 Å². The summed E-state index contributed by atoms with van der Waals surface area (Å²) in [6.07, 6.45) is 4.44. The first-order chi connectivity index (χ1) is 14.6. The van der Waals surface area contributed by atoms with E-state index in [0.29, 0.717) is 17.1 Å². The lowest BCUT2D eigenvalue weighted by Crippen LogP contribution is -2.36. The molecule has 5 nitrogen and oxygen atoms in total. The highest BCUT2D eigenvalue weighted by Crippen LogP contribution is 2.59. The number of fused-ring (bicyclic) bond motifs is 4. The number of nitrogens with one attached hydrogen (secondary N) is 1. The predicted molar refractivity (Wildman–Crippen MR) is 120 cm³/mol. The summed E-state index contributed by atoms with van der Waals surface area (Å²) in [5, 5.41) is 4.07. The van der Waals surface area contributed by atoms with Crippen LogP contribution >= 0.6 is 23.2 Å². The van der Waals surface area contributed by atoms with Gasteiger partial charge in [-0.3, -0.25) is 4.57 Å². The minimum Gasteiger partial charge on any atom is -0.368 e. The summed E-state index contributed by atoms with van der Waals surface area (Å²) in [6.45, 7) is 4.27. The molecule has 0 spiro atoms. The smallest absolute Gasteiger partial charge is 0.142 e. The van der Waals surface area contributed by atoms with Crippen molar-refractivity contribution in [1.82, 2.24) is 9.55 Å². The van der Waals surface area contributed by atoms with Gasteiger partial charge in [-0.15, -0.1) is 0 Å². The molecule has 0 unspecified atom stereocenters. The number of anilines is 3. The quantitative estimate of drug-likeness (QED) is 0.432. The second kappa shape index (κ2) is 6.79. The van der Waals surface area contributed by atoms with Crippen LogP contribution in [-0.2, 0) is 6.54 Å². The van der Waals surface area contributed by atoms with E-state index in [4.69, 9.17) is 28.2 Å². The zero-order chi connectivity index (χ0) is 20.4. The molecule has 1 saturated heterocycles. The molecule has 0 atom stereocenters. The standard InChI is InChI=1S/C22H20Cl2FN5/c23-15-4-5-16(25)18(24)14(15)12-29-10-7-26-22-21(29)20-19(30(20)22)13-3-6-17(27-11-13)28-8-1-2-9-28/h3-6,11,26H,1-2,7-10,12H2. The van der Waals surface area contributed by atoms with E-state index in [-0.39, 0.29) is 5.02 Å². The molecule has 4 aliphatic rings. The van der Waals surface area contributed by atoms with Crippen LogP contribution in [0.4, 0.5) is 21.7 Å². The van der Waals surface area contributed by atoms with Gasteiger partial charge in [-0.2, -0.15) is 0 Å². The van der Waals surface area contributed by atoms with Crippen LogP contribution in [0.3, 0.4) is 0 Å². The predicted octanol–water partition coefficient (Wildman–Crippen LogP) is 5.33. The lowest BCUT2D eigenvalue weighted by molar-refractivity contribution is 0.624. The summed E-state index contributed by atoms with van der Waals surface area (Å²) in [5.74, 6) is 1.71. The van der Waals surface area contributed by atoms with E-state index in [1.807, 2.05) is 6.20 Å². The van der Waals surface area contributed by atoms with E-state index in [2.05, 4.69) is 31.8 Å². The summed E-state index contributed by atoms with van der Waals surface area (Å²) in [6, 6.07) is 7.14. The molecule has 8 heteroatoms. The molecule has 154 valence electrons. The summed E-state index contributed by atoms with van der Waals surface area (Å²) < 4.78 is 16.2. The Bertz CT molecular complexity index is 1150. The zero-order valence-corrected chi connectivity index (χ0v) is 17.8. The number of pyridine rings is 1. The van der Waals surface area contributed by atoms with E-state index in [1.54, 1.807) is 6.07 Å². The summed E-state index contributed by atoms with van der Waals surface area (Å²) >= 11 is 12.5. The van der Waals surface area contributed by atoms with Crippen molar-refractivity contribution in [3.8, 4) is 16.9 Å². The van der Waals surface area contributed by atoms with Crippen molar-refractivity contribution in [3.05, 3.63) is 51.9 Å². The first-order valence-electron chi connectivity index (χ1n) is 10.2. The zero-order valence-electron chi connectivity index (χ0n) is 16.3. The number of hydrogen-bond acceptors (Lipinski definition) is 4. The molecule has 0 saturated carbocycles. The molecule has 0 amide bonds. The van der Waals surface area contributed by atoms with Crippen LogP contribution < -0.4 is 15.1 Å². The highest BCUT2D eigenvalue weighted by Gasteiger charge is 2.43. The maximum Gasteiger partial charge on any atom is 0.142 e. The van der Waals surface area contributed by atoms with E-state index in [1.165, 1.54) is 30.3 Å². The molecule has 1 aromatic carbocycles. The van der Waals surface area contributed by atoms with Gasteiger partial charge in [-0.05, 0) is 37.1 Å². The van der Waals surface area contributed by atoms with Crippen molar-refractivity contribution in [2.24, 2.45) is 0 Å². The topological polar surface area (TPSA) is 36.3 Å². The van der Waals surface area contributed by atoms with Crippen LogP contribution in [0.15, 0.2) is 30.5 Å². The van der Waals surface area contributed by atoms with E-state index in [9.17, 15) is 4.39 Å². The van der Waals surface area contributed by atoms with Gasteiger partial charge in [0, 0.05) is 55.1 Å². The van der Waals surface area contributed by atoms with Crippen LogP contribution in [0.5, 0.6) is 0 Å². The van der Waals surface area contributed by atoms with Crippen LogP contribution in [0.1, 0.15) is 18.4 Å². The Morgan fingerprint density at radius 3 is 2.63 bits per heavy atom. The third-order valence-electron chi connectivity index (χ3n) is 6.22. The molecular formula is C22H20Cl2FN5. The molecule has 0 radical (unpaired) electrons. The Balaban J connectivity index is 1.29. The van der Waals surface area contributed by atoms with E-state index in [0.717, 1.165) is 49.1 Å². The highest BCUT2D eigenvalue weighted by atomic mass is 35.5. The largest absolute Gasteiger partial charge is 0.368 e. The molecular weight excluding hydrogens is 424 g/mol. The average Bonchev–Trinajstić information content (AvgIpc) is 3.09. The van der Waals surface area contributed by atoms with Gasteiger partial charge in [-0.25, -0.2) is 9.37 Å². The van der Waals surface area contributed by atoms with Crippen molar-refractivity contribution >= 4 is 40.5 Å². The molecule has 0 aliphatic carbocycles. The van der Waals surface area contributed by atoms with Crippen molar-refractivity contribution in [3.63, 3.8) is 0 Å². The fourth-order valence-corrected chi connectivity index (χ4v) is 5.13. The fourth-order valence-electron chi connectivity index (χ4n) is 4.64. The second-order valence-corrected chi connectivity index (χ2v) is 8.78. The van der Waals surface area contributed by atoms with Gasteiger partial charge in [0.2, 0.25) is 0 Å². The van der Waals surface area contributed by atoms with Crippen LogP contribution in [0.25, 0.3) is 16.9 Å². The van der Waals surface area contributed by atoms with E-state index >= 15 is 0 Å². The van der Waals surface area contributed by atoms with Gasteiger partial charge in [-0.1, -0.05) is 23.2 Å². The van der Waals surface area contributed by atoms with Gasteiger partial charge >= 0.3 is 0 Å². The number of halogens is 3. The monoisotopic (exact) mass is 443 g/mol. The number of benzene rings is 1. The number of nitrogens with zero attached hydrogens (tertiary/aromatic N) is 4. The van der Waals surface area contributed by atoms with Gasteiger partial charge in [0.15, 0.2) is 0 Å². The highest BCUT2D eigenvalue weighted by molar-refractivity contribution is 6.36. The van der Waals surface area contributed by atoms with Gasteiger partial charge < -0.3 is 15.1 Å². The molecule has 5 heterocycles. The number of hydrogen-bond donors (Lipinski definition) is 1. The molecule has 1 aromatic heterocycles. The number of rotatable bonds is 4. The summed E-state index contributed by atoms with van der Waals surface area (Å²) in [5.41, 5.74) is 5.29. The third kappa shape index (κ3) is 2.70. The van der Waals surface area contributed by atoms with Gasteiger partial charge in [0.1, 0.15) is 23.1 Å². The maximum atomic E-state index is 14.0. The SMILES string of the molecule is Fc1ccc(Cl)c(CN2CCNc3c2c2c(-c4ccc(N5CCCC5)nc4)n3-2)c1Cl. The summed E-state index contributed by atoms with van der Waals surface area (Å²) in [7, 11) is 0. The molecule has 2 aromatic rings. The molecule has 4 aliphatic heterocycles. The van der Waals surface area contributed by atoms with Crippen molar-refractivity contribution in [2.45, 2.75) is 19.4 Å².